The lowest BCUT2D eigenvalue weighted by molar-refractivity contribution is 0.350. The molecule has 0 radical (unpaired) electrons. The van der Waals surface area contributed by atoms with Gasteiger partial charge in [-0.05, 0) is 6.92 Å². The molecule has 8 heteroatoms. The van der Waals surface area contributed by atoms with Gasteiger partial charge in [0.05, 0.1) is 0 Å². The second-order valence-electron chi connectivity index (χ2n) is 3.31. The molecule has 7 nitrogen and oxygen atoms in total. The van der Waals surface area contributed by atoms with Crippen molar-refractivity contribution in [3.05, 3.63) is 18.0 Å². The van der Waals surface area contributed by atoms with Gasteiger partial charge < -0.3 is 15.1 Å². The van der Waals surface area contributed by atoms with Crippen molar-refractivity contribution < 1.29 is 14.4 Å². The molecule has 0 saturated heterocycles. The van der Waals surface area contributed by atoms with Gasteiger partial charge in [0.2, 0.25) is 5.95 Å². The maximum absolute atomic E-state index is 10.8. The van der Waals surface area contributed by atoms with Crippen LogP contribution < -0.4 is 10.6 Å². The van der Waals surface area contributed by atoms with Gasteiger partial charge in [0.15, 0.2) is 0 Å². The molecule has 0 aromatic carbocycles. The van der Waals surface area contributed by atoms with Crippen molar-refractivity contribution in [1.82, 2.24) is 15.3 Å². The van der Waals surface area contributed by atoms with E-state index in [1.54, 1.807) is 19.4 Å². The molecule has 0 aliphatic heterocycles. The maximum atomic E-state index is 10.8. The van der Waals surface area contributed by atoms with Gasteiger partial charge in [0.1, 0.15) is 5.78 Å². The summed E-state index contributed by atoms with van der Waals surface area (Å²) in [5.41, 5.74) is 0.763. The van der Waals surface area contributed by atoms with Crippen molar-refractivity contribution in [1.29, 1.82) is 0 Å². The first kappa shape index (κ1) is 13.1. The molecule has 1 rings (SSSR count). The van der Waals surface area contributed by atoms with Crippen LogP contribution in [0.5, 0.6) is 0 Å². The molecule has 90 valence electrons. The molecule has 1 heterocycles. The van der Waals surface area contributed by atoms with Crippen LogP contribution in [-0.2, 0) is 11.1 Å². The summed E-state index contributed by atoms with van der Waals surface area (Å²) in [6.45, 7) is 1.75. The second kappa shape index (κ2) is 5.36. The zero-order valence-corrected chi connectivity index (χ0v) is 9.98. The summed E-state index contributed by atoms with van der Waals surface area (Å²) in [6.07, 6.45) is 3.19. The molecule has 0 spiro atoms. The van der Waals surface area contributed by atoms with Gasteiger partial charge in [-0.15, -0.1) is 0 Å². The highest BCUT2D eigenvalue weighted by Gasteiger charge is 2.22. The molecule has 0 aliphatic carbocycles. The quantitative estimate of drug-likeness (QED) is 0.547. The molecule has 4 N–H and O–H groups in total. The molecule has 1 unspecified atom stereocenters. The first-order valence-corrected chi connectivity index (χ1v) is 6.39. The van der Waals surface area contributed by atoms with Crippen LogP contribution in [0.25, 0.3) is 0 Å². The highest BCUT2D eigenvalue weighted by molar-refractivity contribution is 7.52. The Bertz CT molecular complexity index is 377. The monoisotopic (exact) mass is 246 g/mol. The Labute approximate surface area is 93.5 Å². The summed E-state index contributed by atoms with van der Waals surface area (Å²) >= 11 is 0. The number of nitrogens with one attached hydrogen (secondary N) is 2. The smallest absolute Gasteiger partial charge is 0.342 e. The number of aromatic nitrogens is 2. The lowest BCUT2D eigenvalue weighted by Crippen LogP contribution is -2.25. The van der Waals surface area contributed by atoms with E-state index in [9.17, 15) is 4.57 Å². The predicted octanol–water partition coefficient (Wildman–Crippen LogP) is 0.132. The molecule has 0 aliphatic rings. The van der Waals surface area contributed by atoms with Crippen LogP contribution in [-0.4, -0.2) is 32.6 Å². The third kappa shape index (κ3) is 3.86. The molecule has 1 atom stereocenters. The van der Waals surface area contributed by atoms with Crippen LogP contribution in [0.2, 0.25) is 0 Å². The van der Waals surface area contributed by atoms with Gasteiger partial charge in [-0.25, -0.2) is 9.97 Å². The van der Waals surface area contributed by atoms with Gasteiger partial charge in [0, 0.05) is 31.5 Å². The zero-order chi connectivity index (χ0) is 12.2. The van der Waals surface area contributed by atoms with Crippen LogP contribution in [0.4, 0.5) is 5.95 Å². The summed E-state index contributed by atoms with van der Waals surface area (Å²) in [4.78, 5) is 25.7. The van der Waals surface area contributed by atoms with Gasteiger partial charge >= 0.3 is 7.60 Å². The molecule has 0 amide bonds. The van der Waals surface area contributed by atoms with Crippen LogP contribution in [0.3, 0.4) is 0 Å². The van der Waals surface area contributed by atoms with Crippen LogP contribution >= 0.6 is 7.60 Å². The average Bonchev–Trinajstić information content (AvgIpc) is 2.25. The maximum Gasteiger partial charge on any atom is 0.342 e. The Kier molecular flexibility index (Phi) is 4.37. The fraction of sp³-hybridized carbons (Fsp3) is 0.500. The minimum absolute atomic E-state index is 0.316. The van der Waals surface area contributed by atoms with E-state index >= 15 is 0 Å². The third-order valence-electron chi connectivity index (χ3n) is 2.04. The highest BCUT2D eigenvalue weighted by Crippen LogP contribution is 2.39. The Hall–Kier alpha value is -1.01. The summed E-state index contributed by atoms with van der Waals surface area (Å²) < 4.78 is 10.8. The van der Waals surface area contributed by atoms with Crippen LogP contribution in [0.15, 0.2) is 12.4 Å². The summed E-state index contributed by atoms with van der Waals surface area (Å²) in [7, 11) is -2.36. The SMILES string of the molecule is CNc1ncc(CNC(C)P(=O)(O)O)cn1. The van der Waals surface area contributed by atoms with Gasteiger partial charge in [-0.3, -0.25) is 9.88 Å². The lowest BCUT2D eigenvalue weighted by Gasteiger charge is -2.14. The molecule has 1 aromatic rings. The van der Waals surface area contributed by atoms with Crippen LogP contribution in [0, 0.1) is 0 Å². The fourth-order valence-electron chi connectivity index (χ4n) is 0.960. The third-order valence-corrected chi connectivity index (χ3v) is 3.23. The Morgan fingerprint density at radius 1 is 1.44 bits per heavy atom. The van der Waals surface area contributed by atoms with E-state index < -0.39 is 13.4 Å². The van der Waals surface area contributed by atoms with Crippen molar-refractivity contribution in [2.24, 2.45) is 0 Å². The van der Waals surface area contributed by atoms with Gasteiger partial charge in [-0.2, -0.15) is 0 Å². The predicted molar refractivity (Wildman–Crippen MR) is 59.9 cm³/mol. The van der Waals surface area contributed by atoms with Gasteiger partial charge in [0.25, 0.3) is 0 Å². The van der Waals surface area contributed by atoms with Gasteiger partial charge in [-0.1, -0.05) is 0 Å². The molecule has 1 aromatic heterocycles. The topological polar surface area (TPSA) is 107 Å². The minimum atomic E-state index is -4.07. The molecular formula is C8H15N4O3P. The Morgan fingerprint density at radius 2 is 2.00 bits per heavy atom. The number of anilines is 1. The van der Waals surface area contributed by atoms with Crippen molar-refractivity contribution in [2.75, 3.05) is 12.4 Å². The van der Waals surface area contributed by atoms with E-state index in [4.69, 9.17) is 9.79 Å². The Balaban J connectivity index is 2.52. The van der Waals surface area contributed by atoms with Crippen molar-refractivity contribution >= 4 is 13.5 Å². The lowest BCUT2D eigenvalue weighted by atomic mass is 10.3. The summed E-state index contributed by atoms with van der Waals surface area (Å²) in [5.74, 6) is -0.372. The number of nitrogens with zero attached hydrogens (tertiary/aromatic N) is 2. The van der Waals surface area contributed by atoms with E-state index in [0.29, 0.717) is 12.5 Å². The fourth-order valence-corrected chi connectivity index (χ4v) is 1.29. The average molecular weight is 246 g/mol. The molecule has 16 heavy (non-hydrogen) atoms. The highest BCUT2D eigenvalue weighted by atomic mass is 31.2. The number of rotatable bonds is 5. The van der Waals surface area contributed by atoms with Crippen molar-refractivity contribution in [3.8, 4) is 0 Å². The Morgan fingerprint density at radius 3 is 2.44 bits per heavy atom. The molecular weight excluding hydrogens is 231 g/mol. The van der Waals surface area contributed by atoms with E-state index in [1.807, 2.05) is 0 Å². The largest absolute Gasteiger partial charge is 0.357 e. The standard InChI is InChI=1S/C8H15N4O3P/c1-6(16(13,14)15)10-3-7-4-11-8(9-2)12-5-7/h4-6,10H,3H2,1-2H3,(H,9,11,12)(H2,13,14,15). The van der Waals surface area contributed by atoms with E-state index in [2.05, 4.69) is 20.6 Å². The van der Waals surface area contributed by atoms with Crippen molar-refractivity contribution in [3.63, 3.8) is 0 Å². The summed E-state index contributed by atoms with van der Waals surface area (Å²) in [6, 6.07) is 0. The first-order chi connectivity index (χ1) is 7.43. The first-order valence-electron chi connectivity index (χ1n) is 4.70. The van der Waals surface area contributed by atoms with Crippen molar-refractivity contribution in [2.45, 2.75) is 19.3 Å². The zero-order valence-electron chi connectivity index (χ0n) is 9.08. The van der Waals surface area contributed by atoms with E-state index in [0.717, 1.165) is 5.56 Å². The number of hydrogen-bond acceptors (Lipinski definition) is 5. The normalized spacial score (nSPS) is 13.5. The van der Waals surface area contributed by atoms with E-state index in [-0.39, 0.29) is 0 Å². The number of hydrogen-bond donors (Lipinski definition) is 4. The minimum Gasteiger partial charge on any atom is -0.357 e. The second-order valence-corrected chi connectivity index (χ2v) is 5.26. The molecule has 0 bridgehead atoms. The molecule has 0 fully saturated rings. The van der Waals surface area contributed by atoms with Crippen LogP contribution in [0.1, 0.15) is 12.5 Å². The molecule has 0 saturated carbocycles. The summed E-state index contributed by atoms with van der Waals surface area (Å²) in [5, 5.41) is 5.49. The van der Waals surface area contributed by atoms with E-state index in [1.165, 1.54) is 6.92 Å².